The van der Waals surface area contributed by atoms with Crippen molar-refractivity contribution in [1.82, 2.24) is 4.90 Å². The van der Waals surface area contributed by atoms with Crippen LogP contribution in [0.1, 0.15) is 43.2 Å². The number of carbonyl (C=O) groups excluding carboxylic acids is 1. The molecule has 1 saturated carbocycles. The molecule has 20 heavy (non-hydrogen) atoms. The number of amides is 1. The Morgan fingerprint density at radius 2 is 1.85 bits per heavy atom. The molecule has 0 bridgehead atoms. The lowest BCUT2D eigenvalue weighted by atomic mass is 9.93. The summed E-state index contributed by atoms with van der Waals surface area (Å²) in [5.74, 6) is 0.228. The Hall–Kier alpha value is -1.35. The number of hydrogen-bond donors (Lipinski definition) is 1. The van der Waals surface area contributed by atoms with Crippen LogP contribution in [0.2, 0.25) is 0 Å². The van der Waals surface area contributed by atoms with Gasteiger partial charge in [-0.1, -0.05) is 49.1 Å². The predicted octanol–water partition coefficient (Wildman–Crippen LogP) is 2.66. The molecule has 2 N–H and O–H groups in total. The zero-order valence-electron chi connectivity index (χ0n) is 12.5. The van der Waals surface area contributed by atoms with Crippen LogP contribution >= 0.6 is 0 Å². The van der Waals surface area contributed by atoms with Gasteiger partial charge in [0.15, 0.2) is 0 Å². The topological polar surface area (TPSA) is 46.3 Å². The Labute approximate surface area is 122 Å². The van der Waals surface area contributed by atoms with Crippen LogP contribution in [-0.2, 0) is 11.2 Å². The highest BCUT2D eigenvalue weighted by molar-refractivity contribution is 5.79. The maximum Gasteiger partial charge on any atom is 0.227 e. The lowest BCUT2D eigenvalue weighted by molar-refractivity contribution is -0.133. The Kier molecular flexibility index (Phi) is 5.60. The lowest BCUT2D eigenvalue weighted by Gasteiger charge is -2.34. The Morgan fingerprint density at radius 3 is 2.45 bits per heavy atom. The highest BCUT2D eigenvalue weighted by atomic mass is 16.2. The smallest absolute Gasteiger partial charge is 0.227 e. The monoisotopic (exact) mass is 274 g/mol. The third-order valence-electron chi connectivity index (χ3n) is 4.18. The summed E-state index contributed by atoms with van der Waals surface area (Å²) < 4.78 is 0. The van der Waals surface area contributed by atoms with Crippen molar-refractivity contribution >= 4 is 5.91 Å². The minimum Gasteiger partial charge on any atom is -0.338 e. The summed E-state index contributed by atoms with van der Waals surface area (Å²) in [5, 5.41) is 0. The molecule has 0 saturated heterocycles. The Bertz CT molecular complexity index is 421. The number of rotatable bonds is 5. The van der Waals surface area contributed by atoms with Gasteiger partial charge in [-0.2, -0.15) is 0 Å². The average Bonchev–Trinajstić information content (AvgIpc) is 2.48. The Morgan fingerprint density at radius 1 is 1.20 bits per heavy atom. The van der Waals surface area contributed by atoms with Crippen molar-refractivity contribution in [3.63, 3.8) is 0 Å². The minimum atomic E-state index is 0.228. The van der Waals surface area contributed by atoms with Gasteiger partial charge in [-0.15, -0.1) is 0 Å². The van der Waals surface area contributed by atoms with E-state index in [-0.39, 0.29) is 5.91 Å². The second kappa shape index (κ2) is 7.44. The van der Waals surface area contributed by atoms with Crippen molar-refractivity contribution in [2.24, 2.45) is 5.73 Å². The lowest BCUT2D eigenvalue weighted by Crippen LogP contribution is -2.44. The first-order valence-corrected chi connectivity index (χ1v) is 7.76. The summed E-state index contributed by atoms with van der Waals surface area (Å²) in [6.07, 6.45) is 6.56. The van der Waals surface area contributed by atoms with Gasteiger partial charge in [0.1, 0.15) is 0 Å². The van der Waals surface area contributed by atoms with Gasteiger partial charge in [0.25, 0.3) is 0 Å². The second-order valence-corrected chi connectivity index (χ2v) is 5.83. The van der Waals surface area contributed by atoms with E-state index in [9.17, 15) is 4.79 Å². The van der Waals surface area contributed by atoms with E-state index >= 15 is 0 Å². The number of benzene rings is 1. The van der Waals surface area contributed by atoms with Crippen molar-refractivity contribution in [1.29, 1.82) is 0 Å². The number of aryl methyl sites for hydroxylation is 1. The van der Waals surface area contributed by atoms with Crippen LogP contribution in [0.25, 0.3) is 0 Å². The molecule has 2 rings (SSSR count). The van der Waals surface area contributed by atoms with Crippen molar-refractivity contribution < 1.29 is 4.79 Å². The van der Waals surface area contributed by atoms with Gasteiger partial charge in [0.2, 0.25) is 5.91 Å². The normalized spacial score (nSPS) is 16.1. The SMILES string of the molecule is Cc1ccc(CC(=O)N(CCN)C2CCCCC2)cc1. The van der Waals surface area contributed by atoms with Crippen LogP contribution < -0.4 is 5.73 Å². The van der Waals surface area contributed by atoms with Crippen LogP contribution in [0, 0.1) is 6.92 Å². The summed E-state index contributed by atoms with van der Waals surface area (Å²) in [6.45, 7) is 3.31. The van der Waals surface area contributed by atoms with Gasteiger partial charge in [-0.25, -0.2) is 0 Å². The molecule has 110 valence electrons. The molecule has 0 aliphatic heterocycles. The Balaban J connectivity index is 2.00. The molecule has 0 radical (unpaired) electrons. The van der Waals surface area contributed by atoms with Crippen molar-refractivity contribution in [2.45, 2.75) is 51.5 Å². The van der Waals surface area contributed by atoms with Crippen LogP contribution in [0.4, 0.5) is 0 Å². The molecule has 1 aliphatic rings. The molecule has 0 aromatic heterocycles. The predicted molar refractivity (Wildman–Crippen MR) is 82.5 cm³/mol. The third-order valence-corrected chi connectivity index (χ3v) is 4.18. The second-order valence-electron chi connectivity index (χ2n) is 5.83. The fraction of sp³-hybridized carbons (Fsp3) is 0.588. The van der Waals surface area contributed by atoms with E-state index in [0.717, 1.165) is 18.4 Å². The zero-order valence-corrected chi connectivity index (χ0v) is 12.5. The summed E-state index contributed by atoms with van der Waals surface area (Å²) in [5.41, 5.74) is 8.02. The summed E-state index contributed by atoms with van der Waals surface area (Å²) in [7, 11) is 0. The summed E-state index contributed by atoms with van der Waals surface area (Å²) in [6, 6.07) is 8.64. The number of carbonyl (C=O) groups is 1. The third kappa shape index (κ3) is 4.07. The first-order chi connectivity index (χ1) is 9.70. The van der Waals surface area contributed by atoms with Crippen LogP contribution in [-0.4, -0.2) is 29.9 Å². The average molecular weight is 274 g/mol. The highest BCUT2D eigenvalue weighted by Gasteiger charge is 2.24. The first kappa shape index (κ1) is 15.0. The molecule has 0 atom stereocenters. The van der Waals surface area contributed by atoms with Crippen molar-refractivity contribution in [2.75, 3.05) is 13.1 Å². The summed E-state index contributed by atoms with van der Waals surface area (Å²) in [4.78, 5) is 14.6. The molecule has 1 aliphatic carbocycles. The van der Waals surface area contributed by atoms with Crippen LogP contribution in [0.5, 0.6) is 0 Å². The van der Waals surface area contributed by atoms with Gasteiger partial charge < -0.3 is 10.6 Å². The molecule has 1 aromatic carbocycles. The fourth-order valence-corrected chi connectivity index (χ4v) is 3.02. The van der Waals surface area contributed by atoms with Crippen molar-refractivity contribution in [3.05, 3.63) is 35.4 Å². The van der Waals surface area contributed by atoms with E-state index < -0.39 is 0 Å². The summed E-state index contributed by atoms with van der Waals surface area (Å²) >= 11 is 0. The maximum atomic E-state index is 12.6. The van der Waals surface area contributed by atoms with E-state index in [1.807, 2.05) is 4.90 Å². The van der Waals surface area contributed by atoms with E-state index in [1.165, 1.54) is 24.8 Å². The molecule has 3 nitrogen and oxygen atoms in total. The van der Waals surface area contributed by atoms with Gasteiger partial charge in [0, 0.05) is 19.1 Å². The number of hydrogen-bond acceptors (Lipinski definition) is 2. The molecule has 1 fully saturated rings. The number of nitrogens with zero attached hydrogens (tertiary/aromatic N) is 1. The minimum absolute atomic E-state index is 0.228. The van der Waals surface area contributed by atoms with Crippen LogP contribution in [0.15, 0.2) is 24.3 Å². The largest absolute Gasteiger partial charge is 0.338 e. The van der Waals surface area contributed by atoms with Gasteiger partial charge in [0.05, 0.1) is 6.42 Å². The van der Waals surface area contributed by atoms with Gasteiger partial charge >= 0.3 is 0 Å². The standard InChI is InChI=1S/C17H26N2O/c1-14-7-9-15(10-8-14)13-17(20)19(12-11-18)16-5-3-2-4-6-16/h7-10,16H,2-6,11-13,18H2,1H3. The molecule has 1 amide bonds. The fourth-order valence-electron chi connectivity index (χ4n) is 3.02. The molecular weight excluding hydrogens is 248 g/mol. The molecule has 0 heterocycles. The molecule has 0 spiro atoms. The van der Waals surface area contributed by atoms with Crippen molar-refractivity contribution in [3.8, 4) is 0 Å². The first-order valence-electron chi connectivity index (χ1n) is 7.76. The van der Waals surface area contributed by atoms with E-state index in [1.54, 1.807) is 0 Å². The van der Waals surface area contributed by atoms with Gasteiger partial charge in [-0.3, -0.25) is 4.79 Å². The molecular formula is C17H26N2O. The van der Waals surface area contributed by atoms with Gasteiger partial charge in [-0.05, 0) is 25.3 Å². The molecule has 1 aromatic rings. The number of nitrogens with two attached hydrogens (primary N) is 1. The van der Waals surface area contributed by atoms with E-state index in [2.05, 4.69) is 31.2 Å². The van der Waals surface area contributed by atoms with E-state index in [0.29, 0.717) is 25.6 Å². The van der Waals surface area contributed by atoms with E-state index in [4.69, 9.17) is 5.73 Å². The quantitative estimate of drug-likeness (QED) is 0.897. The highest BCUT2D eigenvalue weighted by Crippen LogP contribution is 2.23. The molecule has 3 heteroatoms. The zero-order chi connectivity index (χ0) is 14.4. The van der Waals surface area contributed by atoms with Crippen LogP contribution in [0.3, 0.4) is 0 Å². The molecule has 0 unspecified atom stereocenters. The maximum absolute atomic E-state index is 12.6.